The number of carbonyl (C=O) groups is 2. The van der Waals surface area contributed by atoms with Crippen molar-refractivity contribution >= 4 is 12.0 Å². The molecule has 0 aromatic heterocycles. The lowest BCUT2D eigenvalue weighted by molar-refractivity contribution is 0.0354. The van der Waals surface area contributed by atoms with Crippen LogP contribution in [0.4, 0.5) is 4.79 Å². The minimum Gasteiger partial charge on any atom is -0.478 e. The predicted molar refractivity (Wildman–Crippen MR) is 105 cm³/mol. The maximum Gasteiger partial charge on any atom is 0.335 e. The summed E-state index contributed by atoms with van der Waals surface area (Å²) < 4.78 is 0. The van der Waals surface area contributed by atoms with Crippen molar-refractivity contribution in [2.24, 2.45) is 0 Å². The number of benzene rings is 1. The van der Waals surface area contributed by atoms with E-state index in [9.17, 15) is 9.59 Å². The Labute approximate surface area is 161 Å². The van der Waals surface area contributed by atoms with Crippen LogP contribution < -0.4 is 10.6 Å². The minimum absolute atomic E-state index is 0.124. The van der Waals surface area contributed by atoms with Gasteiger partial charge in [-0.25, -0.2) is 9.59 Å². The molecule has 1 heterocycles. The van der Waals surface area contributed by atoms with E-state index in [1.54, 1.807) is 24.3 Å². The van der Waals surface area contributed by atoms with E-state index in [4.69, 9.17) is 5.11 Å². The number of piperidine rings is 1. The molecule has 0 unspecified atom stereocenters. The molecule has 2 aliphatic rings. The van der Waals surface area contributed by atoms with Crippen molar-refractivity contribution in [3.8, 4) is 0 Å². The first-order valence-electron chi connectivity index (χ1n) is 10.2. The molecule has 2 fully saturated rings. The first-order valence-corrected chi connectivity index (χ1v) is 10.2. The highest BCUT2D eigenvalue weighted by atomic mass is 16.4. The van der Waals surface area contributed by atoms with Crippen LogP contribution in [0.3, 0.4) is 0 Å². The summed E-state index contributed by atoms with van der Waals surface area (Å²) in [6.07, 6.45) is 9.98. The quantitative estimate of drug-likeness (QED) is 0.714. The number of nitrogens with one attached hydrogen (secondary N) is 2. The number of carboxylic acid groups (broad SMARTS) is 1. The Balaban J connectivity index is 1.50. The molecule has 1 aromatic rings. The minimum atomic E-state index is -0.942. The molecule has 1 aliphatic heterocycles. The van der Waals surface area contributed by atoms with Crippen LogP contribution in [-0.4, -0.2) is 47.2 Å². The molecule has 0 spiro atoms. The predicted octanol–water partition coefficient (Wildman–Crippen LogP) is 3.37. The lowest BCUT2D eigenvalue weighted by atomic mass is 9.79. The maximum atomic E-state index is 12.3. The van der Waals surface area contributed by atoms with Crippen LogP contribution in [0.1, 0.15) is 67.3 Å². The molecule has 2 amide bonds. The average Bonchev–Trinajstić information content (AvgIpc) is 2.72. The number of carbonyl (C=O) groups excluding carboxylic acids is 1. The third-order valence-corrected chi connectivity index (χ3v) is 6.04. The summed E-state index contributed by atoms with van der Waals surface area (Å²) in [6.45, 7) is 3.40. The molecular weight excluding hydrogens is 342 g/mol. The van der Waals surface area contributed by atoms with Crippen molar-refractivity contribution in [3.63, 3.8) is 0 Å². The summed E-state index contributed by atoms with van der Waals surface area (Å²) in [6, 6.07) is 6.44. The third-order valence-electron chi connectivity index (χ3n) is 6.04. The van der Waals surface area contributed by atoms with Crippen LogP contribution in [0.25, 0.3) is 0 Å². The van der Waals surface area contributed by atoms with E-state index < -0.39 is 5.97 Å². The molecule has 6 heteroatoms. The molecule has 3 rings (SSSR count). The van der Waals surface area contributed by atoms with Gasteiger partial charge >= 0.3 is 12.0 Å². The zero-order valence-electron chi connectivity index (χ0n) is 16.0. The number of amides is 2. The maximum absolute atomic E-state index is 12.3. The van der Waals surface area contributed by atoms with Gasteiger partial charge in [0.1, 0.15) is 0 Å². The van der Waals surface area contributed by atoms with Crippen molar-refractivity contribution in [2.75, 3.05) is 19.6 Å². The fourth-order valence-electron chi connectivity index (χ4n) is 4.44. The highest BCUT2D eigenvalue weighted by Gasteiger charge is 2.38. The van der Waals surface area contributed by atoms with Gasteiger partial charge in [-0.05, 0) is 56.5 Å². The Hall–Kier alpha value is -2.08. The lowest BCUT2D eigenvalue weighted by Gasteiger charge is -2.48. The molecule has 1 aliphatic carbocycles. The molecular formula is C21H31N3O3. The van der Waals surface area contributed by atoms with E-state index in [1.807, 2.05) is 0 Å². The fraction of sp³-hybridized carbons (Fsp3) is 0.619. The van der Waals surface area contributed by atoms with Gasteiger partial charge in [-0.3, -0.25) is 4.90 Å². The zero-order chi connectivity index (χ0) is 19.1. The second-order valence-corrected chi connectivity index (χ2v) is 7.87. The Morgan fingerprint density at radius 2 is 1.56 bits per heavy atom. The van der Waals surface area contributed by atoms with Crippen LogP contribution in [0.2, 0.25) is 0 Å². The SMILES string of the molecule is O=C(NCc1ccc(C(=O)O)cc1)NCC1(N2CCCCC2)CCCCC1. The first kappa shape index (κ1) is 19.7. The topological polar surface area (TPSA) is 81.7 Å². The number of nitrogens with zero attached hydrogens (tertiary/aromatic N) is 1. The second-order valence-electron chi connectivity index (χ2n) is 7.87. The van der Waals surface area contributed by atoms with Crippen molar-refractivity contribution in [1.82, 2.24) is 15.5 Å². The number of carboxylic acids is 1. The summed E-state index contributed by atoms with van der Waals surface area (Å²) in [5.41, 5.74) is 1.27. The van der Waals surface area contributed by atoms with Gasteiger partial charge in [0, 0.05) is 18.6 Å². The van der Waals surface area contributed by atoms with Crippen LogP contribution in [0.5, 0.6) is 0 Å². The summed E-state index contributed by atoms with van der Waals surface area (Å²) in [5, 5.41) is 14.9. The van der Waals surface area contributed by atoms with Gasteiger partial charge in [-0.15, -0.1) is 0 Å². The average molecular weight is 373 g/mol. The Morgan fingerprint density at radius 3 is 2.19 bits per heavy atom. The van der Waals surface area contributed by atoms with E-state index in [-0.39, 0.29) is 17.1 Å². The molecule has 1 saturated carbocycles. The summed E-state index contributed by atoms with van der Waals surface area (Å²) in [4.78, 5) is 25.8. The van der Waals surface area contributed by atoms with E-state index in [2.05, 4.69) is 15.5 Å². The normalized spacial score (nSPS) is 20.0. The van der Waals surface area contributed by atoms with Crippen molar-refractivity contribution in [1.29, 1.82) is 0 Å². The molecule has 6 nitrogen and oxygen atoms in total. The molecule has 1 saturated heterocycles. The molecule has 1 aromatic carbocycles. The van der Waals surface area contributed by atoms with Crippen LogP contribution in [0, 0.1) is 0 Å². The molecule has 0 atom stereocenters. The van der Waals surface area contributed by atoms with Crippen LogP contribution in [-0.2, 0) is 6.54 Å². The van der Waals surface area contributed by atoms with Crippen LogP contribution >= 0.6 is 0 Å². The van der Waals surface area contributed by atoms with Gasteiger partial charge < -0.3 is 15.7 Å². The van der Waals surface area contributed by atoms with Crippen molar-refractivity contribution in [3.05, 3.63) is 35.4 Å². The second kappa shape index (κ2) is 9.22. The number of hydrogen-bond acceptors (Lipinski definition) is 3. The zero-order valence-corrected chi connectivity index (χ0v) is 16.0. The third kappa shape index (κ3) is 5.22. The summed E-state index contributed by atoms with van der Waals surface area (Å²) in [5.74, 6) is -0.942. The summed E-state index contributed by atoms with van der Waals surface area (Å²) in [7, 11) is 0. The lowest BCUT2D eigenvalue weighted by Crippen LogP contribution is -2.58. The van der Waals surface area contributed by atoms with Gasteiger partial charge in [0.2, 0.25) is 0 Å². The first-order chi connectivity index (χ1) is 13.1. The molecule has 0 bridgehead atoms. The molecule has 0 radical (unpaired) electrons. The van der Waals surface area contributed by atoms with E-state index >= 15 is 0 Å². The molecule has 3 N–H and O–H groups in total. The van der Waals surface area contributed by atoms with E-state index in [0.29, 0.717) is 13.1 Å². The largest absolute Gasteiger partial charge is 0.478 e. The van der Waals surface area contributed by atoms with E-state index in [0.717, 1.165) is 18.7 Å². The number of urea groups is 1. The Bertz CT molecular complexity index is 633. The number of rotatable bonds is 6. The summed E-state index contributed by atoms with van der Waals surface area (Å²) >= 11 is 0. The van der Waals surface area contributed by atoms with Gasteiger partial charge in [-0.2, -0.15) is 0 Å². The number of likely N-dealkylation sites (tertiary alicyclic amines) is 1. The Morgan fingerprint density at radius 1 is 0.926 bits per heavy atom. The highest BCUT2D eigenvalue weighted by Crippen LogP contribution is 2.35. The fourth-order valence-corrected chi connectivity index (χ4v) is 4.44. The smallest absolute Gasteiger partial charge is 0.335 e. The van der Waals surface area contributed by atoms with Crippen LogP contribution in [0.15, 0.2) is 24.3 Å². The van der Waals surface area contributed by atoms with Crippen molar-refractivity contribution in [2.45, 2.75) is 63.5 Å². The van der Waals surface area contributed by atoms with Gasteiger partial charge in [0.15, 0.2) is 0 Å². The Kier molecular flexibility index (Phi) is 6.72. The van der Waals surface area contributed by atoms with Crippen molar-refractivity contribution < 1.29 is 14.7 Å². The number of hydrogen-bond donors (Lipinski definition) is 3. The molecule has 148 valence electrons. The standard InChI is InChI=1S/C21H31N3O3/c25-19(26)18-9-7-17(8-10-18)15-22-20(27)23-16-21(11-3-1-4-12-21)24-13-5-2-6-14-24/h7-10H,1-6,11-16H2,(H,25,26)(H2,22,23,27). The van der Waals surface area contributed by atoms with Gasteiger partial charge in [0.05, 0.1) is 5.56 Å². The molecule has 27 heavy (non-hydrogen) atoms. The van der Waals surface area contributed by atoms with E-state index in [1.165, 1.54) is 51.4 Å². The van der Waals surface area contributed by atoms with Gasteiger partial charge in [0.25, 0.3) is 0 Å². The number of aromatic carboxylic acids is 1. The highest BCUT2D eigenvalue weighted by molar-refractivity contribution is 5.87. The van der Waals surface area contributed by atoms with Gasteiger partial charge in [-0.1, -0.05) is 37.8 Å². The monoisotopic (exact) mass is 373 g/mol.